The van der Waals surface area contributed by atoms with E-state index in [0.29, 0.717) is 12.1 Å². The molecule has 1 saturated heterocycles. The topological polar surface area (TPSA) is 52.7 Å². The number of fused-ring (bicyclic) bond motifs is 1. The second-order valence-corrected chi connectivity index (χ2v) is 4.35. The number of hydrogen-bond acceptors (Lipinski definition) is 3. The Labute approximate surface area is 94.5 Å². The van der Waals surface area contributed by atoms with Gasteiger partial charge >= 0.3 is 0 Å². The molecule has 4 heteroatoms. The second kappa shape index (κ2) is 3.88. The Morgan fingerprint density at radius 1 is 1.25 bits per heavy atom. The number of benzene rings is 1. The minimum Gasteiger partial charge on any atom is -0.345 e. The van der Waals surface area contributed by atoms with E-state index < -0.39 is 0 Å². The minimum absolute atomic E-state index is 0.390. The molecular weight excluding hydrogens is 200 g/mol. The lowest BCUT2D eigenvalue weighted by molar-refractivity contribution is 0.346. The fourth-order valence-electron chi connectivity index (χ4n) is 2.38. The average molecular weight is 216 g/mol. The van der Waals surface area contributed by atoms with Crippen LogP contribution in [0, 0.1) is 0 Å². The van der Waals surface area contributed by atoms with Crippen molar-refractivity contribution in [3.63, 3.8) is 0 Å². The lowest BCUT2D eigenvalue weighted by atomic mass is 9.98. The molecule has 1 aromatic carbocycles. The highest BCUT2D eigenvalue weighted by Crippen LogP contribution is 2.21. The van der Waals surface area contributed by atoms with Gasteiger partial charge in [-0.2, -0.15) is 0 Å². The molecule has 0 radical (unpaired) electrons. The number of hydrogen-bond donors (Lipinski definition) is 3. The molecule has 1 aliphatic heterocycles. The molecule has 0 saturated carbocycles. The molecule has 2 heterocycles. The number of H-pyrrole nitrogens is 1. The molecule has 16 heavy (non-hydrogen) atoms. The Kier molecular flexibility index (Phi) is 2.38. The molecule has 0 spiro atoms. The van der Waals surface area contributed by atoms with Crippen LogP contribution in [0.2, 0.25) is 0 Å². The molecule has 1 aliphatic rings. The fourth-order valence-corrected chi connectivity index (χ4v) is 2.38. The highest BCUT2D eigenvalue weighted by molar-refractivity contribution is 5.75. The van der Waals surface area contributed by atoms with Gasteiger partial charge in [0.25, 0.3) is 0 Å². The van der Waals surface area contributed by atoms with Gasteiger partial charge in [-0.3, -0.25) is 0 Å². The standard InChI is InChI=1S/C12H16N4/c1-8-12(14-5-4-13-8)9-2-3-10-11(6-9)16-7-15-10/h2-3,6-8,12-14H,4-5H2,1H3,(H,15,16). The van der Waals surface area contributed by atoms with Crippen molar-refractivity contribution >= 4 is 11.0 Å². The van der Waals surface area contributed by atoms with Gasteiger partial charge in [-0.1, -0.05) is 6.07 Å². The summed E-state index contributed by atoms with van der Waals surface area (Å²) in [6, 6.07) is 7.27. The van der Waals surface area contributed by atoms with Crippen molar-refractivity contribution < 1.29 is 0 Å². The van der Waals surface area contributed by atoms with E-state index in [-0.39, 0.29) is 0 Å². The van der Waals surface area contributed by atoms with Crippen molar-refractivity contribution in [2.75, 3.05) is 13.1 Å². The number of aromatic amines is 1. The molecule has 2 unspecified atom stereocenters. The predicted molar refractivity (Wildman–Crippen MR) is 64.3 cm³/mol. The molecule has 0 aliphatic carbocycles. The molecule has 2 atom stereocenters. The predicted octanol–water partition coefficient (Wildman–Crippen LogP) is 1.19. The molecular formula is C12H16N4. The fraction of sp³-hybridized carbons (Fsp3) is 0.417. The van der Waals surface area contributed by atoms with Gasteiger partial charge in [-0.05, 0) is 24.6 Å². The van der Waals surface area contributed by atoms with Gasteiger partial charge in [-0.25, -0.2) is 4.98 Å². The average Bonchev–Trinajstić information content (AvgIpc) is 2.76. The molecule has 1 aromatic heterocycles. The summed E-state index contributed by atoms with van der Waals surface area (Å²) in [5.41, 5.74) is 3.45. The second-order valence-electron chi connectivity index (χ2n) is 4.35. The first kappa shape index (κ1) is 9.81. The zero-order valence-corrected chi connectivity index (χ0v) is 9.33. The van der Waals surface area contributed by atoms with E-state index in [4.69, 9.17) is 0 Å². The van der Waals surface area contributed by atoms with Gasteiger partial charge in [0.05, 0.1) is 17.4 Å². The molecule has 2 aromatic rings. The van der Waals surface area contributed by atoms with Crippen LogP contribution in [0.3, 0.4) is 0 Å². The first-order chi connectivity index (χ1) is 7.84. The number of rotatable bonds is 1. The summed E-state index contributed by atoms with van der Waals surface area (Å²) in [7, 11) is 0. The zero-order chi connectivity index (χ0) is 11.0. The van der Waals surface area contributed by atoms with Crippen molar-refractivity contribution in [2.24, 2.45) is 0 Å². The minimum atomic E-state index is 0.390. The van der Waals surface area contributed by atoms with Crippen LogP contribution < -0.4 is 10.6 Å². The Balaban J connectivity index is 1.97. The lowest BCUT2D eigenvalue weighted by Crippen LogP contribution is -2.48. The number of aromatic nitrogens is 2. The third-order valence-electron chi connectivity index (χ3n) is 3.26. The van der Waals surface area contributed by atoms with E-state index in [1.165, 1.54) is 5.56 Å². The van der Waals surface area contributed by atoms with Gasteiger partial charge in [0, 0.05) is 25.2 Å². The van der Waals surface area contributed by atoms with E-state index in [9.17, 15) is 0 Å². The SMILES string of the molecule is CC1NCCNC1c1ccc2nc[nH]c2c1. The molecule has 0 amide bonds. The molecule has 4 nitrogen and oxygen atoms in total. The highest BCUT2D eigenvalue weighted by atomic mass is 15.1. The number of piperazine rings is 1. The Morgan fingerprint density at radius 3 is 3.00 bits per heavy atom. The third-order valence-corrected chi connectivity index (χ3v) is 3.26. The summed E-state index contributed by atoms with van der Waals surface area (Å²) in [6.45, 7) is 4.29. The summed E-state index contributed by atoms with van der Waals surface area (Å²) < 4.78 is 0. The molecule has 0 bridgehead atoms. The van der Waals surface area contributed by atoms with Gasteiger partial charge in [0.15, 0.2) is 0 Å². The highest BCUT2D eigenvalue weighted by Gasteiger charge is 2.21. The van der Waals surface area contributed by atoms with Gasteiger partial charge in [0.2, 0.25) is 0 Å². The van der Waals surface area contributed by atoms with E-state index >= 15 is 0 Å². The van der Waals surface area contributed by atoms with Crippen LogP contribution in [-0.2, 0) is 0 Å². The van der Waals surface area contributed by atoms with Crippen LogP contribution in [0.1, 0.15) is 18.5 Å². The quantitative estimate of drug-likeness (QED) is 0.671. The van der Waals surface area contributed by atoms with Crippen LogP contribution in [0.5, 0.6) is 0 Å². The third kappa shape index (κ3) is 1.60. The molecule has 1 fully saturated rings. The smallest absolute Gasteiger partial charge is 0.0931 e. The number of nitrogens with one attached hydrogen (secondary N) is 3. The molecule has 84 valence electrons. The summed E-state index contributed by atoms with van der Waals surface area (Å²) in [5.74, 6) is 0. The van der Waals surface area contributed by atoms with Crippen LogP contribution in [0.15, 0.2) is 24.5 Å². The maximum absolute atomic E-state index is 4.23. The number of imidazole rings is 1. The van der Waals surface area contributed by atoms with Crippen molar-refractivity contribution in [3.8, 4) is 0 Å². The maximum Gasteiger partial charge on any atom is 0.0931 e. The normalized spacial score (nSPS) is 26.1. The summed E-state index contributed by atoms with van der Waals surface area (Å²) >= 11 is 0. The Bertz CT molecular complexity index is 490. The van der Waals surface area contributed by atoms with Gasteiger partial charge in [0.1, 0.15) is 0 Å². The van der Waals surface area contributed by atoms with Crippen LogP contribution in [0.4, 0.5) is 0 Å². The van der Waals surface area contributed by atoms with Crippen molar-refractivity contribution in [1.29, 1.82) is 0 Å². The van der Waals surface area contributed by atoms with Crippen molar-refractivity contribution in [3.05, 3.63) is 30.1 Å². The summed E-state index contributed by atoms with van der Waals surface area (Å²) in [4.78, 5) is 7.39. The summed E-state index contributed by atoms with van der Waals surface area (Å²) in [6.07, 6.45) is 1.74. The van der Waals surface area contributed by atoms with Gasteiger partial charge in [-0.15, -0.1) is 0 Å². The first-order valence-electron chi connectivity index (χ1n) is 5.74. The largest absolute Gasteiger partial charge is 0.345 e. The number of nitrogens with zero attached hydrogens (tertiary/aromatic N) is 1. The Morgan fingerprint density at radius 2 is 2.12 bits per heavy atom. The molecule has 3 N–H and O–H groups in total. The van der Waals surface area contributed by atoms with Gasteiger partial charge < -0.3 is 15.6 Å². The van der Waals surface area contributed by atoms with Crippen molar-refractivity contribution in [2.45, 2.75) is 19.0 Å². The zero-order valence-electron chi connectivity index (χ0n) is 9.33. The lowest BCUT2D eigenvalue weighted by Gasteiger charge is -2.31. The first-order valence-corrected chi connectivity index (χ1v) is 5.74. The van der Waals surface area contributed by atoms with E-state index in [1.807, 2.05) is 0 Å². The van der Waals surface area contributed by atoms with Crippen LogP contribution in [0.25, 0.3) is 11.0 Å². The summed E-state index contributed by atoms with van der Waals surface area (Å²) in [5, 5.41) is 7.03. The Hall–Kier alpha value is -1.39. The van der Waals surface area contributed by atoms with Crippen molar-refractivity contribution in [1.82, 2.24) is 20.6 Å². The van der Waals surface area contributed by atoms with E-state index in [2.05, 4.69) is 45.7 Å². The van der Waals surface area contributed by atoms with Crippen LogP contribution in [-0.4, -0.2) is 29.1 Å². The maximum atomic E-state index is 4.23. The molecule has 3 rings (SSSR count). The monoisotopic (exact) mass is 216 g/mol. The van der Waals surface area contributed by atoms with E-state index in [1.54, 1.807) is 6.33 Å². The van der Waals surface area contributed by atoms with E-state index in [0.717, 1.165) is 24.1 Å². The van der Waals surface area contributed by atoms with Crippen LogP contribution >= 0.6 is 0 Å².